The third kappa shape index (κ3) is 6.44. The van der Waals surface area contributed by atoms with Gasteiger partial charge in [-0.15, -0.1) is 0 Å². The lowest BCUT2D eigenvalue weighted by molar-refractivity contribution is 0.0224. The SMILES string of the molecule is O=C(Nc1ccc(Oc2ncnc3cc4c(cc23)OCCOCCOCCO4)c(F)c1)c1c2n(n(-c3ccc(F)cc3)c1=O)CCCC2. The van der Waals surface area contributed by atoms with Gasteiger partial charge >= 0.3 is 0 Å². The van der Waals surface area contributed by atoms with Crippen LogP contribution in [0, 0.1) is 11.6 Å². The number of anilines is 1. The molecule has 14 heteroatoms. The van der Waals surface area contributed by atoms with Gasteiger partial charge in [0.1, 0.15) is 30.9 Å². The van der Waals surface area contributed by atoms with Crippen molar-refractivity contribution in [2.24, 2.45) is 0 Å². The second-order valence-corrected chi connectivity index (χ2v) is 11.1. The molecule has 7 rings (SSSR count). The van der Waals surface area contributed by atoms with Gasteiger partial charge in [0.25, 0.3) is 11.5 Å². The van der Waals surface area contributed by atoms with Crippen LogP contribution in [0.25, 0.3) is 16.6 Å². The van der Waals surface area contributed by atoms with Crippen molar-refractivity contribution in [1.29, 1.82) is 0 Å². The summed E-state index contributed by atoms with van der Waals surface area (Å²) >= 11 is 0. The first-order chi connectivity index (χ1) is 23.5. The fraction of sp³-hybridized carbons (Fsp3) is 0.294. The molecule has 0 fully saturated rings. The standard InChI is InChI=1S/C34H31F2N5O7/c35-21-4-7-23(8-5-21)41-34(43)31(27-3-1-2-10-40(27)41)32(42)39-22-6-9-28(25(36)17-22)48-33-24-18-29-30(19-26(24)37-20-38-33)47-16-14-45-12-11-44-13-15-46-29/h4-9,17-20H,1-3,10-16H2,(H,39,42). The second-order valence-electron chi connectivity index (χ2n) is 11.1. The Kier molecular flexibility index (Phi) is 8.99. The summed E-state index contributed by atoms with van der Waals surface area (Å²) in [6.45, 7) is 2.71. The first kappa shape index (κ1) is 31.3. The Morgan fingerprint density at radius 3 is 2.33 bits per heavy atom. The highest BCUT2D eigenvalue weighted by molar-refractivity contribution is 6.05. The van der Waals surface area contributed by atoms with E-state index in [2.05, 4.69) is 15.3 Å². The van der Waals surface area contributed by atoms with Gasteiger partial charge in [-0.2, -0.15) is 0 Å². The fourth-order valence-electron chi connectivity index (χ4n) is 5.75. The number of halogens is 2. The summed E-state index contributed by atoms with van der Waals surface area (Å²) in [6.07, 6.45) is 3.44. The Labute approximate surface area is 272 Å². The van der Waals surface area contributed by atoms with Crippen LogP contribution in [0.4, 0.5) is 14.5 Å². The molecule has 2 aliphatic heterocycles. The largest absolute Gasteiger partial charge is 0.487 e. The predicted octanol–water partition coefficient (Wildman–Crippen LogP) is 5.05. The van der Waals surface area contributed by atoms with Gasteiger partial charge in [0.05, 0.1) is 48.7 Å². The summed E-state index contributed by atoms with van der Waals surface area (Å²) in [5, 5.41) is 3.11. The normalized spacial score (nSPS) is 15.2. The van der Waals surface area contributed by atoms with Crippen molar-refractivity contribution in [3.63, 3.8) is 0 Å². The Morgan fingerprint density at radius 2 is 1.58 bits per heavy atom. The Balaban J connectivity index is 1.13. The van der Waals surface area contributed by atoms with Crippen molar-refractivity contribution in [3.8, 4) is 28.8 Å². The molecule has 1 amide bonds. The topological polar surface area (TPSA) is 128 Å². The van der Waals surface area contributed by atoms with Crippen LogP contribution in [0.2, 0.25) is 0 Å². The minimum atomic E-state index is -0.773. The monoisotopic (exact) mass is 659 g/mol. The molecule has 0 saturated heterocycles. The van der Waals surface area contributed by atoms with E-state index in [0.29, 0.717) is 79.8 Å². The number of hydrogen-bond acceptors (Lipinski definition) is 9. The average Bonchev–Trinajstić information content (AvgIpc) is 3.38. The molecule has 12 nitrogen and oxygen atoms in total. The number of rotatable bonds is 5. The smallest absolute Gasteiger partial charge is 0.284 e. The summed E-state index contributed by atoms with van der Waals surface area (Å²) in [7, 11) is 0. The lowest BCUT2D eigenvalue weighted by Gasteiger charge is -2.19. The molecule has 1 N–H and O–H groups in total. The van der Waals surface area contributed by atoms with Crippen molar-refractivity contribution in [3.05, 3.63) is 94.2 Å². The van der Waals surface area contributed by atoms with Crippen molar-refractivity contribution in [2.75, 3.05) is 45.0 Å². The van der Waals surface area contributed by atoms with Gasteiger partial charge in [-0.1, -0.05) is 0 Å². The number of aromatic nitrogens is 4. The first-order valence-electron chi connectivity index (χ1n) is 15.6. The zero-order chi connectivity index (χ0) is 33.0. The summed E-state index contributed by atoms with van der Waals surface area (Å²) in [4.78, 5) is 35.5. The van der Waals surface area contributed by atoms with E-state index >= 15 is 4.39 Å². The number of ether oxygens (including phenoxy) is 5. The number of hydrogen-bond donors (Lipinski definition) is 1. The highest BCUT2D eigenvalue weighted by atomic mass is 19.1. The van der Waals surface area contributed by atoms with E-state index in [-0.39, 0.29) is 29.5 Å². The van der Waals surface area contributed by atoms with E-state index in [1.807, 2.05) is 0 Å². The highest BCUT2D eigenvalue weighted by Crippen LogP contribution is 2.37. The maximum atomic E-state index is 15.4. The molecule has 0 aliphatic carbocycles. The second kappa shape index (κ2) is 13.8. The van der Waals surface area contributed by atoms with E-state index < -0.39 is 23.1 Å². The van der Waals surface area contributed by atoms with Crippen LogP contribution in [0.3, 0.4) is 0 Å². The molecule has 0 spiro atoms. The summed E-state index contributed by atoms with van der Waals surface area (Å²) in [5.74, 6) is -1.08. The lowest BCUT2D eigenvalue weighted by atomic mass is 10.1. The van der Waals surface area contributed by atoms with Crippen molar-refractivity contribution >= 4 is 22.5 Å². The van der Waals surface area contributed by atoms with Crippen molar-refractivity contribution < 1.29 is 37.3 Å². The van der Waals surface area contributed by atoms with Crippen LogP contribution in [-0.2, 0) is 22.4 Å². The molecule has 248 valence electrons. The van der Waals surface area contributed by atoms with E-state index in [0.717, 1.165) is 18.9 Å². The highest BCUT2D eigenvalue weighted by Gasteiger charge is 2.28. The third-order valence-electron chi connectivity index (χ3n) is 7.98. The fourth-order valence-corrected chi connectivity index (χ4v) is 5.75. The maximum Gasteiger partial charge on any atom is 0.284 e. The molecule has 0 saturated carbocycles. The van der Waals surface area contributed by atoms with Gasteiger partial charge in [-0.25, -0.2) is 23.4 Å². The van der Waals surface area contributed by atoms with Gasteiger partial charge in [-0.3, -0.25) is 14.3 Å². The predicted molar refractivity (Wildman–Crippen MR) is 170 cm³/mol. The average molecular weight is 660 g/mol. The van der Waals surface area contributed by atoms with Gasteiger partial charge in [-0.05, 0) is 61.7 Å². The number of amides is 1. The maximum absolute atomic E-state index is 15.4. The third-order valence-corrected chi connectivity index (χ3v) is 7.98. The number of carbonyl (C=O) groups excluding carboxylic acids is 1. The molecular formula is C34H31F2N5O7. The van der Waals surface area contributed by atoms with Crippen molar-refractivity contribution in [2.45, 2.75) is 25.8 Å². The lowest BCUT2D eigenvalue weighted by Crippen LogP contribution is -2.26. The number of fused-ring (bicyclic) bond motifs is 3. The molecule has 2 aromatic heterocycles. The van der Waals surface area contributed by atoms with Crippen LogP contribution >= 0.6 is 0 Å². The number of benzene rings is 3. The molecule has 0 atom stereocenters. The molecule has 48 heavy (non-hydrogen) atoms. The molecule has 0 radical (unpaired) electrons. The number of nitrogens with one attached hydrogen (secondary N) is 1. The van der Waals surface area contributed by atoms with E-state index in [1.54, 1.807) is 16.8 Å². The summed E-state index contributed by atoms with van der Waals surface area (Å²) in [6, 6.07) is 12.8. The molecular weight excluding hydrogens is 628 g/mol. The molecule has 3 aromatic carbocycles. The number of carbonyl (C=O) groups is 1. The van der Waals surface area contributed by atoms with Crippen LogP contribution in [0.1, 0.15) is 28.9 Å². The van der Waals surface area contributed by atoms with Crippen LogP contribution < -0.4 is 25.1 Å². The zero-order valence-electron chi connectivity index (χ0n) is 25.7. The summed E-state index contributed by atoms with van der Waals surface area (Å²) < 4.78 is 60.8. The van der Waals surface area contributed by atoms with Crippen molar-refractivity contribution in [1.82, 2.24) is 19.3 Å². The molecule has 0 bridgehead atoms. The van der Waals surface area contributed by atoms with Gasteiger partial charge in [0, 0.05) is 24.4 Å². The van der Waals surface area contributed by atoms with Crippen LogP contribution in [-0.4, -0.2) is 64.9 Å². The van der Waals surface area contributed by atoms with Crippen LogP contribution in [0.5, 0.6) is 23.1 Å². The van der Waals surface area contributed by atoms with Gasteiger partial charge in [0.2, 0.25) is 5.88 Å². The molecule has 0 unspecified atom stereocenters. The van der Waals surface area contributed by atoms with E-state index in [1.165, 1.54) is 47.4 Å². The van der Waals surface area contributed by atoms with Gasteiger partial charge < -0.3 is 29.0 Å². The Morgan fingerprint density at radius 1 is 0.854 bits per heavy atom. The molecule has 2 aliphatic rings. The zero-order valence-corrected chi connectivity index (χ0v) is 25.7. The minimum absolute atomic E-state index is 0.0372. The first-order valence-corrected chi connectivity index (χ1v) is 15.6. The minimum Gasteiger partial charge on any atom is -0.487 e. The quantitative estimate of drug-likeness (QED) is 0.276. The molecule has 5 aromatic rings. The molecule has 4 heterocycles. The van der Waals surface area contributed by atoms with Gasteiger partial charge in [0.15, 0.2) is 23.1 Å². The Bertz CT molecular complexity index is 2030. The van der Waals surface area contributed by atoms with E-state index in [9.17, 15) is 14.0 Å². The van der Waals surface area contributed by atoms with E-state index in [4.69, 9.17) is 23.7 Å². The summed E-state index contributed by atoms with van der Waals surface area (Å²) in [5.41, 5.74) is 1.05. The number of nitrogens with zero attached hydrogens (tertiary/aromatic N) is 4. The van der Waals surface area contributed by atoms with Crippen LogP contribution in [0.15, 0.2) is 65.7 Å². The Hall–Kier alpha value is -5.34.